The Labute approximate surface area is 175 Å². The molecule has 6 nitrogen and oxygen atoms in total. The van der Waals surface area contributed by atoms with E-state index in [2.05, 4.69) is 15.2 Å². The highest BCUT2D eigenvalue weighted by Gasteiger charge is 2.49. The van der Waals surface area contributed by atoms with Crippen LogP contribution in [-0.4, -0.2) is 42.1 Å². The first-order chi connectivity index (χ1) is 14.2. The van der Waals surface area contributed by atoms with Crippen molar-refractivity contribution < 1.29 is 14.3 Å². The average molecular weight is 414 g/mol. The maximum absolute atomic E-state index is 13.1. The Morgan fingerprint density at radius 1 is 1.24 bits per heavy atom. The molecule has 1 amide bonds. The fourth-order valence-corrected chi connectivity index (χ4v) is 5.63. The van der Waals surface area contributed by atoms with Gasteiger partial charge in [0.2, 0.25) is 5.91 Å². The molecule has 1 saturated heterocycles. The van der Waals surface area contributed by atoms with E-state index >= 15 is 0 Å². The molecule has 1 aromatic heterocycles. The fraction of sp³-hybridized carbons (Fsp3) is 0.545. The van der Waals surface area contributed by atoms with E-state index in [4.69, 9.17) is 9.47 Å². The molecule has 0 atom stereocenters. The monoisotopic (exact) mass is 413 g/mol. The molecule has 0 unspecified atom stereocenters. The molecule has 29 heavy (non-hydrogen) atoms. The Hall–Kier alpha value is -2.12. The first-order valence-electron chi connectivity index (χ1n) is 10.5. The third-order valence-corrected chi connectivity index (χ3v) is 7.41. The zero-order valence-corrected chi connectivity index (χ0v) is 17.6. The maximum Gasteiger partial charge on any atom is 0.235 e. The van der Waals surface area contributed by atoms with Crippen molar-refractivity contribution in [3.63, 3.8) is 0 Å². The van der Waals surface area contributed by atoms with E-state index in [9.17, 15) is 4.79 Å². The molecule has 5 rings (SSSR count). The number of piperidine rings is 1. The first kappa shape index (κ1) is 18.9. The van der Waals surface area contributed by atoms with Gasteiger partial charge in [-0.05, 0) is 63.2 Å². The van der Waals surface area contributed by atoms with Crippen molar-refractivity contribution in [3.05, 3.63) is 34.3 Å². The van der Waals surface area contributed by atoms with E-state index in [1.54, 1.807) is 18.4 Å². The minimum Gasteiger partial charge on any atom is -0.493 e. The summed E-state index contributed by atoms with van der Waals surface area (Å²) in [5, 5.41) is 6.28. The summed E-state index contributed by atoms with van der Waals surface area (Å²) in [6.07, 6.45) is 8.33. The van der Waals surface area contributed by atoms with Crippen LogP contribution in [0.5, 0.6) is 11.5 Å². The molecular formula is C22H27N3O3S. The predicted octanol–water partition coefficient (Wildman–Crippen LogP) is 3.96. The number of aromatic nitrogens is 1. The van der Waals surface area contributed by atoms with E-state index in [1.807, 2.05) is 23.7 Å². The molecule has 1 aromatic carbocycles. The van der Waals surface area contributed by atoms with Crippen LogP contribution >= 0.6 is 11.3 Å². The number of fused-ring (bicyclic) bond motifs is 2. The molecule has 2 fully saturated rings. The van der Waals surface area contributed by atoms with Gasteiger partial charge in [-0.15, -0.1) is 11.3 Å². The fourth-order valence-electron chi connectivity index (χ4n) is 4.97. The summed E-state index contributed by atoms with van der Waals surface area (Å²) in [5.74, 6) is 1.59. The summed E-state index contributed by atoms with van der Waals surface area (Å²) in [7, 11) is 1.68. The van der Waals surface area contributed by atoms with Gasteiger partial charge in [0, 0.05) is 23.3 Å². The second-order valence-corrected chi connectivity index (χ2v) is 9.29. The molecule has 154 valence electrons. The van der Waals surface area contributed by atoms with Gasteiger partial charge in [0.1, 0.15) is 5.01 Å². The zero-order chi connectivity index (χ0) is 19.8. The van der Waals surface area contributed by atoms with Crippen molar-refractivity contribution in [1.29, 1.82) is 0 Å². The van der Waals surface area contributed by atoms with Crippen LogP contribution in [0.3, 0.4) is 0 Å². The third kappa shape index (κ3) is 3.40. The van der Waals surface area contributed by atoms with Gasteiger partial charge in [-0.25, -0.2) is 4.98 Å². The van der Waals surface area contributed by atoms with Crippen LogP contribution in [0.15, 0.2) is 23.7 Å². The highest BCUT2D eigenvalue weighted by molar-refractivity contribution is 7.09. The van der Waals surface area contributed by atoms with Crippen LogP contribution in [0.25, 0.3) is 0 Å². The lowest BCUT2D eigenvalue weighted by atomic mass is 9.73. The topological polar surface area (TPSA) is 63.7 Å². The van der Waals surface area contributed by atoms with E-state index in [1.165, 1.54) is 12.8 Å². The Balaban J connectivity index is 1.37. The molecule has 1 aliphatic carbocycles. The molecule has 1 saturated carbocycles. The number of carbonyl (C=O) groups excluding carboxylic acids is 1. The summed E-state index contributed by atoms with van der Waals surface area (Å²) < 4.78 is 11.9. The van der Waals surface area contributed by atoms with Gasteiger partial charge in [-0.3, -0.25) is 9.69 Å². The van der Waals surface area contributed by atoms with E-state index < -0.39 is 5.41 Å². The number of benzene rings is 1. The van der Waals surface area contributed by atoms with E-state index in [0.29, 0.717) is 0 Å². The van der Waals surface area contributed by atoms with Gasteiger partial charge in [0.15, 0.2) is 11.5 Å². The third-order valence-electron chi connectivity index (χ3n) is 6.65. The molecule has 2 aromatic rings. The SMILES string of the molecule is COc1cc2c(cc1OC1CCCC1)NC(=O)C21CCN(Cc2nccs2)CC1. The molecule has 1 N–H and O–H groups in total. The minimum absolute atomic E-state index is 0.112. The second-order valence-electron chi connectivity index (χ2n) is 8.31. The van der Waals surface area contributed by atoms with Gasteiger partial charge in [-0.1, -0.05) is 0 Å². The van der Waals surface area contributed by atoms with Crippen molar-refractivity contribution in [1.82, 2.24) is 9.88 Å². The van der Waals surface area contributed by atoms with Crippen molar-refractivity contribution in [2.75, 3.05) is 25.5 Å². The average Bonchev–Trinajstić information content (AvgIpc) is 3.47. The quantitative estimate of drug-likeness (QED) is 0.804. The van der Waals surface area contributed by atoms with Crippen LogP contribution in [0.1, 0.15) is 49.1 Å². The van der Waals surface area contributed by atoms with Crippen molar-refractivity contribution in [3.8, 4) is 11.5 Å². The van der Waals surface area contributed by atoms with Gasteiger partial charge in [0.25, 0.3) is 0 Å². The molecule has 3 aliphatic rings. The zero-order valence-electron chi connectivity index (χ0n) is 16.8. The standard InChI is InChI=1S/C22H27N3O3S/c1-27-18-12-16-17(13-19(18)28-15-4-2-3-5-15)24-21(26)22(16)6-9-25(10-7-22)14-20-23-8-11-29-20/h8,11-13,15H,2-7,9-10,14H2,1H3,(H,24,26). The maximum atomic E-state index is 13.1. The molecule has 1 spiro atoms. The Kier molecular flexibility index (Phi) is 4.95. The second kappa shape index (κ2) is 7.61. The summed E-state index contributed by atoms with van der Waals surface area (Å²) in [4.78, 5) is 19.9. The first-order valence-corrected chi connectivity index (χ1v) is 11.4. The number of nitrogens with one attached hydrogen (secondary N) is 1. The largest absolute Gasteiger partial charge is 0.493 e. The van der Waals surface area contributed by atoms with Gasteiger partial charge < -0.3 is 14.8 Å². The number of amides is 1. The number of carbonyl (C=O) groups is 1. The summed E-state index contributed by atoms with van der Waals surface area (Å²) >= 11 is 1.69. The molecular weight excluding hydrogens is 386 g/mol. The van der Waals surface area contributed by atoms with Crippen molar-refractivity contribution in [2.24, 2.45) is 0 Å². The number of hydrogen-bond donors (Lipinski definition) is 1. The van der Waals surface area contributed by atoms with Gasteiger partial charge in [0.05, 0.1) is 25.2 Å². The number of methoxy groups -OCH3 is 1. The van der Waals surface area contributed by atoms with E-state index in [-0.39, 0.29) is 12.0 Å². The highest BCUT2D eigenvalue weighted by atomic mass is 32.1. The summed E-state index contributed by atoms with van der Waals surface area (Å²) in [6, 6.07) is 4.01. The Morgan fingerprint density at radius 3 is 2.72 bits per heavy atom. The van der Waals surface area contributed by atoms with Crippen molar-refractivity contribution >= 4 is 22.9 Å². The Bertz CT molecular complexity index is 885. The number of nitrogens with zero attached hydrogens (tertiary/aromatic N) is 2. The van der Waals surface area contributed by atoms with Gasteiger partial charge in [-0.2, -0.15) is 0 Å². The van der Waals surface area contributed by atoms with Crippen LogP contribution in [0, 0.1) is 0 Å². The van der Waals surface area contributed by atoms with Crippen LogP contribution in [0.4, 0.5) is 5.69 Å². The van der Waals surface area contributed by atoms with Crippen LogP contribution < -0.4 is 14.8 Å². The number of rotatable bonds is 5. The predicted molar refractivity (Wildman–Crippen MR) is 113 cm³/mol. The smallest absolute Gasteiger partial charge is 0.235 e. The minimum atomic E-state index is -0.464. The number of thiazole rings is 1. The lowest BCUT2D eigenvalue weighted by Gasteiger charge is -2.37. The molecule has 7 heteroatoms. The number of ether oxygens (including phenoxy) is 2. The van der Waals surface area contributed by atoms with Crippen LogP contribution in [-0.2, 0) is 16.8 Å². The lowest BCUT2D eigenvalue weighted by molar-refractivity contribution is -0.122. The van der Waals surface area contributed by atoms with Crippen LogP contribution in [0.2, 0.25) is 0 Å². The summed E-state index contributed by atoms with van der Waals surface area (Å²) in [6.45, 7) is 2.63. The molecule has 2 aliphatic heterocycles. The summed E-state index contributed by atoms with van der Waals surface area (Å²) in [5.41, 5.74) is 1.48. The molecule has 0 radical (unpaired) electrons. The normalized spacial score (nSPS) is 21.3. The lowest BCUT2D eigenvalue weighted by Crippen LogP contribution is -2.46. The number of likely N-dealkylation sites (tertiary alicyclic amines) is 1. The highest BCUT2D eigenvalue weighted by Crippen LogP contribution is 2.49. The Morgan fingerprint density at radius 2 is 2.03 bits per heavy atom. The van der Waals surface area contributed by atoms with E-state index in [0.717, 1.165) is 73.1 Å². The molecule has 0 bridgehead atoms. The van der Waals surface area contributed by atoms with Crippen molar-refractivity contribution in [2.45, 2.75) is 56.6 Å². The molecule has 3 heterocycles. The number of hydrogen-bond acceptors (Lipinski definition) is 6. The van der Waals surface area contributed by atoms with Gasteiger partial charge >= 0.3 is 0 Å². The number of anilines is 1.